The fourth-order valence-electron chi connectivity index (χ4n) is 2.68. The molecule has 148 valence electrons. The van der Waals surface area contributed by atoms with Crippen molar-refractivity contribution >= 4 is 34.8 Å². The quantitative estimate of drug-likeness (QED) is 0.727. The molecule has 6 nitrogen and oxygen atoms in total. The van der Waals surface area contributed by atoms with E-state index in [0.29, 0.717) is 16.0 Å². The number of amides is 1. The predicted octanol–water partition coefficient (Wildman–Crippen LogP) is 4.40. The van der Waals surface area contributed by atoms with Crippen LogP contribution >= 0.6 is 11.8 Å². The number of aliphatic hydroxyl groups excluding tert-OH is 1. The van der Waals surface area contributed by atoms with Gasteiger partial charge in [0.05, 0.1) is 11.5 Å². The van der Waals surface area contributed by atoms with Gasteiger partial charge in [-0.2, -0.15) is 0 Å². The van der Waals surface area contributed by atoms with Crippen LogP contribution in [0.4, 0.5) is 0 Å². The third-order valence-corrected chi connectivity index (χ3v) is 5.16. The molecule has 1 heterocycles. The van der Waals surface area contributed by atoms with Crippen LogP contribution in [0.5, 0.6) is 5.75 Å². The van der Waals surface area contributed by atoms with Gasteiger partial charge >= 0.3 is 5.97 Å². The van der Waals surface area contributed by atoms with Gasteiger partial charge in [0.1, 0.15) is 22.1 Å². The lowest BCUT2D eigenvalue weighted by Gasteiger charge is -2.04. The van der Waals surface area contributed by atoms with Gasteiger partial charge in [-0.3, -0.25) is 4.79 Å². The summed E-state index contributed by atoms with van der Waals surface area (Å²) in [6.07, 6.45) is 1.64. The average molecular weight is 409 g/mol. The van der Waals surface area contributed by atoms with Crippen molar-refractivity contribution in [1.29, 1.82) is 0 Å². The first-order valence-corrected chi connectivity index (χ1v) is 9.70. The largest absolute Gasteiger partial charge is 0.508 e. The van der Waals surface area contributed by atoms with Gasteiger partial charge in [0.2, 0.25) is 0 Å². The Labute approximate surface area is 172 Å². The van der Waals surface area contributed by atoms with Crippen molar-refractivity contribution in [3.05, 3.63) is 81.5 Å². The smallest absolute Gasteiger partial charge is 0.344 e. The molecule has 1 aliphatic rings. The predicted molar refractivity (Wildman–Crippen MR) is 113 cm³/mol. The van der Waals surface area contributed by atoms with Gasteiger partial charge in [-0.05, 0) is 49.2 Å². The molecule has 0 radical (unpaired) electrons. The van der Waals surface area contributed by atoms with E-state index < -0.39 is 11.9 Å². The van der Waals surface area contributed by atoms with E-state index in [1.807, 2.05) is 6.07 Å². The zero-order valence-electron chi connectivity index (χ0n) is 15.9. The number of phenols is 1. The molecule has 7 heteroatoms. The molecule has 0 saturated heterocycles. The first-order valence-electron chi connectivity index (χ1n) is 8.89. The summed E-state index contributed by atoms with van der Waals surface area (Å²) in [5, 5.41) is 20.1. The van der Waals surface area contributed by atoms with Crippen molar-refractivity contribution in [3.63, 3.8) is 0 Å². The van der Waals surface area contributed by atoms with Crippen molar-refractivity contribution in [2.24, 2.45) is 4.99 Å². The van der Waals surface area contributed by atoms with Crippen LogP contribution in [0.1, 0.15) is 28.4 Å². The fraction of sp³-hybridized carbons (Fsp3) is 0.136. The molecule has 0 unspecified atom stereocenters. The molecule has 3 rings (SSSR count). The lowest BCUT2D eigenvalue weighted by atomic mass is 10.1. The lowest BCUT2D eigenvalue weighted by Crippen LogP contribution is -2.14. The Kier molecular flexibility index (Phi) is 6.19. The van der Waals surface area contributed by atoms with Crippen LogP contribution in [-0.4, -0.2) is 33.7 Å². The van der Waals surface area contributed by atoms with Crippen molar-refractivity contribution in [1.82, 2.24) is 0 Å². The first-order chi connectivity index (χ1) is 13.9. The van der Waals surface area contributed by atoms with Crippen LogP contribution in [0, 0.1) is 6.92 Å². The topological polar surface area (TPSA) is 96.2 Å². The number of rotatable bonds is 4. The Morgan fingerprint density at radius 2 is 1.79 bits per heavy atom. The summed E-state index contributed by atoms with van der Waals surface area (Å²) in [6, 6.07) is 13.3. The molecule has 0 saturated carbocycles. The van der Waals surface area contributed by atoms with Crippen LogP contribution < -0.4 is 0 Å². The number of thioether (sulfide) groups is 1. The Balaban J connectivity index is 2.02. The van der Waals surface area contributed by atoms with E-state index in [-0.39, 0.29) is 28.7 Å². The number of hydrogen-bond donors (Lipinski definition) is 2. The second-order valence-electron chi connectivity index (χ2n) is 6.18. The molecule has 0 atom stereocenters. The summed E-state index contributed by atoms with van der Waals surface area (Å²) < 4.78 is 5.03. The van der Waals surface area contributed by atoms with E-state index >= 15 is 0 Å². The SMILES string of the molecule is CCOC(=O)C1=C(O)/C(=C/c2ccc(O)cc2)SC1=NC(=O)c1ccccc1C. The van der Waals surface area contributed by atoms with E-state index in [0.717, 1.165) is 17.3 Å². The summed E-state index contributed by atoms with van der Waals surface area (Å²) in [5.74, 6) is -1.43. The summed E-state index contributed by atoms with van der Waals surface area (Å²) in [4.78, 5) is 29.5. The Hall–Kier alpha value is -3.32. The Morgan fingerprint density at radius 1 is 1.10 bits per heavy atom. The van der Waals surface area contributed by atoms with E-state index in [1.54, 1.807) is 50.3 Å². The number of phenolic OH excluding ortho intramolecular Hbond substituents is 1. The monoisotopic (exact) mass is 409 g/mol. The molecular weight excluding hydrogens is 390 g/mol. The van der Waals surface area contributed by atoms with Gasteiger partial charge in [0, 0.05) is 5.56 Å². The van der Waals surface area contributed by atoms with Gasteiger partial charge in [-0.25, -0.2) is 9.79 Å². The van der Waals surface area contributed by atoms with Gasteiger partial charge in [-0.15, -0.1) is 0 Å². The number of aromatic hydroxyl groups is 1. The van der Waals surface area contributed by atoms with Crippen LogP contribution in [-0.2, 0) is 9.53 Å². The molecule has 2 N–H and O–H groups in total. The Morgan fingerprint density at radius 3 is 2.45 bits per heavy atom. The highest BCUT2D eigenvalue weighted by Crippen LogP contribution is 2.39. The minimum Gasteiger partial charge on any atom is -0.508 e. The van der Waals surface area contributed by atoms with E-state index in [2.05, 4.69) is 4.99 Å². The van der Waals surface area contributed by atoms with Gasteiger partial charge < -0.3 is 14.9 Å². The fourth-order valence-corrected chi connectivity index (χ4v) is 3.69. The zero-order valence-corrected chi connectivity index (χ0v) is 16.7. The summed E-state index contributed by atoms with van der Waals surface area (Å²) >= 11 is 1.01. The molecule has 2 aromatic carbocycles. The molecule has 0 bridgehead atoms. The Bertz CT molecular complexity index is 1050. The van der Waals surface area contributed by atoms with E-state index in [4.69, 9.17) is 4.74 Å². The molecule has 0 aliphatic carbocycles. The van der Waals surface area contributed by atoms with Crippen LogP contribution in [0.15, 0.2) is 69.8 Å². The van der Waals surface area contributed by atoms with Gasteiger partial charge in [0.25, 0.3) is 5.91 Å². The maximum absolute atomic E-state index is 12.7. The maximum atomic E-state index is 12.7. The number of benzene rings is 2. The molecule has 1 aliphatic heterocycles. The van der Waals surface area contributed by atoms with E-state index in [1.165, 1.54) is 12.1 Å². The minimum atomic E-state index is -0.747. The molecule has 2 aromatic rings. The molecule has 0 aromatic heterocycles. The second kappa shape index (κ2) is 8.79. The highest BCUT2D eigenvalue weighted by Gasteiger charge is 2.34. The highest BCUT2D eigenvalue weighted by molar-refractivity contribution is 8.18. The molecule has 0 fully saturated rings. The number of aliphatic hydroxyl groups is 1. The molecule has 0 spiro atoms. The van der Waals surface area contributed by atoms with Crippen LogP contribution in [0.3, 0.4) is 0 Å². The van der Waals surface area contributed by atoms with Gasteiger partial charge in [0.15, 0.2) is 0 Å². The van der Waals surface area contributed by atoms with Crippen molar-refractivity contribution in [2.45, 2.75) is 13.8 Å². The molecule has 29 heavy (non-hydrogen) atoms. The van der Waals surface area contributed by atoms with Crippen molar-refractivity contribution < 1.29 is 24.5 Å². The molecule has 1 amide bonds. The van der Waals surface area contributed by atoms with Crippen LogP contribution in [0.25, 0.3) is 6.08 Å². The number of nitrogens with zero attached hydrogens (tertiary/aromatic N) is 1. The highest BCUT2D eigenvalue weighted by atomic mass is 32.2. The third kappa shape index (κ3) is 4.57. The summed E-state index contributed by atoms with van der Waals surface area (Å²) in [6.45, 7) is 3.57. The second-order valence-corrected chi connectivity index (χ2v) is 7.21. The average Bonchev–Trinajstić information content (AvgIpc) is 2.99. The van der Waals surface area contributed by atoms with Gasteiger partial charge in [-0.1, -0.05) is 42.1 Å². The van der Waals surface area contributed by atoms with Crippen molar-refractivity contribution in [2.75, 3.05) is 6.61 Å². The summed E-state index contributed by atoms with van der Waals surface area (Å²) in [7, 11) is 0. The molecular formula is C22H19NO5S. The standard InChI is InChI=1S/C22H19NO5S/c1-3-28-22(27)18-19(25)17(12-14-8-10-15(24)11-9-14)29-21(18)23-20(26)16-7-5-4-6-13(16)2/h4-12,24-25H,3H2,1-2H3/b17-12-,23-21?. The number of esters is 1. The number of carbonyl (C=O) groups is 2. The minimum absolute atomic E-state index is 0.0826. The maximum Gasteiger partial charge on any atom is 0.344 e. The van der Waals surface area contributed by atoms with E-state index in [9.17, 15) is 19.8 Å². The number of carbonyl (C=O) groups excluding carboxylic acids is 2. The lowest BCUT2D eigenvalue weighted by molar-refractivity contribution is -0.138. The normalized spacial score (nSPS) is 16.5. The number of ether oxygens (including phenoxy) is 1. The number of hydrogen-bond acceptors (Lipinski definition) is 6. The number of aliphatic imine (C=N–C) groups is 1. The number of aryl methyl sites for hydroxylation is 1. The zero-order chi connectivity index (χ0) is 21.0. The summed E-state index contributed by atoms with van der Waals surface area (Å²) in [5.41, 5.74) is 1.74. The first kappa shape index (κ1) is 20.4. The van der Waals surface area contributed by atoms with Crippen LogP contribution in [0.2, 0.25) is 0 Å². The van der Waals surface area contributed by atoms with Crippen molar-refractivity contribution in [3.8, 4) is 5.75 Å². The third-order valence-electron chi connectivity index (χ3n) is 4.14.